The molecule has 2 aromatic rings. The van der Waals surface area contributed by atoms with Gasteiger partial charge in [0.25, 0.3) is 0 Å². The number of anilines is 1. The summed E-state index contributed by atoms with van der Waals surface area (Å²) in [6, 6.07) is 12.9. The Labute approximate surface area is 209 Å². The summed E-state index contributed by atoms with van der Waals surface area (Å²) in [6.07, 6.45) is 14.0. The number of carbonyl (C=O) groups is 1. The Morgan fingerprint density at radius 1 is 1.09 bits per heavy atom. The Bertz CT molecular complexity index is 1110. The van der Waals surface area contributed by atoms with Gasteiger partial charge >= 0.3 is 5.97 Å². The van der Waals surface area contributed by atoms with Crippen LogP contribution in [-0.4, -0.2) is 24.2 Å². The van der Waals surface area contributed by atoms with Gasteiger partial charge in [0.2, 0.25) is 0 Å². The van der Waals surface area contributed by atoms with E-state index in [2.05, 4.69) is 73.1 Å². The van der Waals surface area contributed by atoms with Crippen LogP contribution in [-0.2, 0) is 6.42 Å². The highest BCUT2D eigenvalue weighted by molar-refractivity contribution is 5.89. The second-order valence-corrected chi connectivity index (χ2v) is 9.15. The molecule has 2 aromatic carbocycles. The largest absolute Gasteiger partial charge is 0.478 e. The maximum atomic E-state index is 13.9. The number of nitrogens with zero attached hydrogens (tertiary/aromatic N) is 1. The van der Waals surface area contributed by atoms with E-state index in [1.807, 2.05) is 0 Å². The highest BCUT2D eigenvalue weighted by Gasteiger charge is 2.16. The molecule has 1 aliphatic rings. The second-order valence-electron chi connectivity index (χ2n) is 9.15. The van der Waals surface area contributed by atoms with Crippen LogP contribution in [0.5, 0.6) is 0 Å². The molecule has 1 aliphatic carbocycles. The van der Waals surface area contributed by atoms with E-state index in [9.17, 15) is 14.3 Å². The number of unbranched alkanes of at least 4 members (excludes halogenated alkanes) is 3. The Morgan fingerprint density at radius 3 is 2.51 bits per heavy atom. The smallest absolute Gasteiger partial charge is 0.338 e. The summed E-state index contributed by atoms with van der Waals surface area (Å²) >= 11 is 0. The van der Waals surface area contributed by atoms with E-state index in [0.29, 0.717) is 6.54 Å². The number of aryl methyl sites for hydroxylation is 1. The maximum Gasteiger partial charge on any atom is 0.338 e. The van der Waals surface area contributed by atoms with Crippen LogP contribution in [0.2, 0.25) is 0 Å². The Hall–Kier alpha value is -3.32. The summed E-state index contributed by atoms with van der Waals surface area (Å²) in [6.45, 7) is 5.81. The van der Waals surface area contributed by atoms with E-state index in [0.717, 1.165) is 49.9 Å². The highest BCUT2D eigenvalue weighted by atomic mass is 19.1. The van der Waals surface area contributed by atoms with Crippen molar-refractivity contribution in [3.8, 4) is 11.8 Å². The minimum Gasteiger partial charge on any atom is -0.478 e. The molecule has 184 valence electrons. The van der Waals surface area contributed by atoms with Crippen LogP contribution >= 0.6 is 0 Å². The first-order chi connectivity index (χ1) is 17.0. The fraction of sp³-hybridized carbons (Fsp3) is 0.387. The third-order valence-electron chi connectivity index (χ3n) is 6.30. The number of hydrogen-bond donors (Lipinski definition) is 1. The predicted molar refractivity (Wildman–Crippen MR) is 142 cm³/mol. The average Bonchev–Trinajstić information content (AvgIpc) is 2.87. The third kappa shape index (κ3) is 8.14. The van der Waals surface area contributed by atoms with Gasteiger partial charge in [-0.3, -0.25) is 0 Å². The zero-order chi connectivity index (χ0) is 25.0. The molecule has 0 fully saturated rings. The zero-order valence-corrected chi connectivity index (χ0v) is 20.9. The second kappa shape index (κ2) is 13.5. The van der Waals surface area contributed by atoms with Gasteiger partial charge in [-0.15, -0.1) is 0 Å². The summed E-state index contributed by atoms with van der Waals surface area (Å²) in [5.74, 6) is 4.90. The molecule has 3 rings (SSSR count). The molecule has 0 saturated carbocycles. The molecule has 0 saturated heterocycles. The Balaban J connectivity index is 1.64. The van der Waals surface area contributed by atoms with Crippen molar-refractivity contribution < 1.29 is 14.3 Å². The van der Waals surface area contributed by atoms with Gasteiger partial charge in [-0.05, 0) is 67.2 Å². The summed E-state index contributed by atoms with van der Waals surface area (Å²) in [7, 11) is 0. The van der Waals surface area contributed by atoms with E-state index in [4.69, 9.17) is 0 Å². The van der Waals surface area contributed by atoms with Gasteiger partial charge in [0.05, 0.1) is 5.56 Å². The highest BCUT2D eigenvalue weighted by Crippen LogP contribution is 2.23. The number of halogens is 1. The van der Waals surface area contributed by atoms with Crippen molar-refractivity contribution in [2.24, 2.45) is 5.92 Å². The van der Waals surface area contributed by atoms with Gasteiger partial charge in [-0.1, -0.05) is 75.3 Å². The van der Waals surface area contributed by atoms with Crippen LogP contribution in [0, 0.1) is 23.6 Å². The van der Waals surface area contributed by atoms with Crippen molar-refractivity contribution in [3.63, 3.8) is 0 Å². The van der Waals surface area contributed by atoms with Crippen LogP contribution in [0.3, 0.4) is 0 Å². The first-order valence-corrected chi connectivity index (χ1v) is 12.8. The number of rotatable bonds is 11. The molecule has 1 unspecified atom stereocenters. The molecular formula is C31H36FNO2. The first kappa shape index (κ1) is 26.3. The summed E-state index contributed by atoms with van der Waals surface area (Å²) in [4.78, 5) is 13.6. The van der Waals surface area contributed by atoms with Crippen molar-refractivity contribution in [1.82, 2.24) is 0 Å². The number of hydrogen-bond acceptors (Lipinski definition) is 2. The number of carboxylic acids is 1. The van der Waals surface area contributed by atoms with Crippen molar-refractivity contribution in [2.45, 2.75) is 58.8 Å². The summed E-state index contributed by atoms with van der Waals surface area (Å²) in [5.41, 5.74) is 4.02. The number of carboxylic acid groups (broad SMARTS) is 1. The minimum absolute atomic E-state index is 0.177. The van der Waals surface area contributed by atoms with Gasteiger partial charge in [0.1, 0.15) is 5.82 Å². The molecule has 1 N–H and O–H groups in total. The quantitative estimate of drug-likeness (QED) is 0.273. The van der Waals surface area contributed by atoms with E-state index in [1.165, 1.54) is 36.1 Å². The van der Waals surface area contributed by atoms with Crippen LogP contribution in [0.1, 0.15) is 73.9 Å². The lowest BCUT2D eigenvalue weighted by Crippen LogP contribution is -2.27. The predicted octanol–water partition coefficient (Wildman–Crippen LogP) is 7.42. The molecule has 0 radical (unpaired) electrons. The molecule has 1 atom stereocenters. The fourth-order valence-corrected chi connectivity index (χ4v) is 4.15. The molecule has 0 aromatic heterocycles. The van der Waals surface area contributed by atoms with Crippen LogP contribution in [0.15, 0.2) is 66.3 Å². The molecular weight excluding hydrogens is 437 g/mol. The van der Waals surface area contributed by atoms with Gasteiger partial charge in [-0.2, -0.15) is 0 Å². The lowest BCUT2D eigenvalue weighted by Gasteiger charge is -2.27. The lowest BCUT2D eigenvalue weighted by molar-refractivity contribution is 0.0692. The molecule has 0 amide bonds. The molecule has 0 bridgehead atoms. The first-order valence-electron chi connectivity index (χ1n) is 12.8. The minimum atomic E-state index is -1.24. The molecule has 0 aliphatic heterocycles. The van der Waals surface area contributed by atoms with Crippen LogP contribution in [0.4, 0.5) is 10.1 Å². The van der Waals surface area contributed by atoms with Crippen LogP contribution < -0.4 is 4.90 Å². The third-order valence-corrected chi connectivity index (χ3v) is 6.30. The number of aromatic carboxylic acids is 1. The maximum absolute atomic E-state index is 13.9. The lowest BCUT2D eigenvalue weighted by atomic mass is 9.96. The van der Waals surface area contributed by atoms with E-state index >= 15 is 0 Å². The fourth-order valence-electron chi connectivity index (χ4n) is 4.15. The molecule has 0 heterocycles. The van der Waals surface area contributed by atoms with Gasteiger partial charge in [0.15, 0.2) is 0 Å². The summed E-state index contributed by atoms with van der Waals surface area (Å²) in [5, 5.41) is 9.32. The molecule has 3 nitrogen and oxygen atoms in total. The zero-order valence-electron chi connectivity index (χ0n) is 20.9. The summed E-state index contributed by atoms with van der Waals surface area (Å²) < 4.78 is 13.9. The Morgan fingerprint density at radius 2 is 1.86 bits per heavy atom. The van der Waals surface area contributed by atoms with Crippen molar-refractivity contribution in [1.29, 1.82) is 0 Å². The normalized spacial score (nSPS) is 14.7. The topological polar surface area (TPSA) is 40.5 Å². The van der Waals surface area contributed by atoms with Gasteiger partial charge in [0, 0.05) is 30.3 Å². The van der Waals surface area contributed by atoms with E-state index in [1.54, 1.807) is 6.07 Å². The van der Waals surface area contributed by atoms with Crippen LogP contribution in [0.25, 0.3) is 0 Å². The average molecular weight is 474 g/mol. The number of allylic oxidation sites excluding steroid dienone is 2. The standard InChI is InChI=1S/C31H36FNO2/c1-3-5-7-21-33(28-19-20-30(32)29(22-28)31(34)35)23-27-17-15-26(16-18-27)14-13-25-11-9-24(10-12-25)8-6-4-2/h9-12,15,17-20,22,26H,3-8,16,21,23H2,1-2H3,(H,34,35). The number of benzene rings is 2. The van der Waals surface area contributed by atoms with E-state index < -0.39 is 11.8 Å². The Kier molecular flexibility index (Phi) is 10.2. The molecule has 4 heteroatoms. The van der Waals surface area contributed by atoms with Crippen molar-refractivity contribution >= 4 is 11.7 Å². The van der Waals surface area contributed by atoms with Gasteiger partial charge in [-0.25, -0.2) is 9.18 Å². The SMILES string of the molecule is CCCCCN(CC1=CCC(C#Cc2ccc(CCCC)cc2)C=C1)c1ccc(F)c(C(=O)O)c1. The molecule has 35 heavy (non-hydrogen) atoms. The van der Waals surface area contributed by atoms with Crippen molar-refractivity contribution in [3.05, 3.63) is 88.8 Å². The van der Waals surface area contributed by atoms with Crippen molar-refractivity contribution in [2.75, 3.05) is 18.0 Å². The monoisotopic (exact) mass is 473 g/mol. The van der Waals surface area contributed by atoms with E-state index in [-0.39, 0.29) is 11.5 Å². The molecule has 0 spiro atoms. The van der Waals surface area contributed by atoms with Gasteiger partial charge < -0.3 is 10.0 Å².